The molecule has 10 aromatic carbocycles. The minimum absolute atomic E-state index is 0.264. The average Bonchev–Trinajstić information content (AvgIpc) is 4.34. The maximum absolute atomic E-state index is 11.1. The van der Waals surface area contributed by atoms with E-state index < -0.39 is 0 Å². The molecular weight excluding hydrogens is 941 g/mol. The van der Waals surface area contributed by atoms with Crippen LogP contribution < -0.4 is 0 Å². The summed E-state index contributed by atoms with van der Waals surface area (Å²) >= 11 is 0. The summed E-state index contributed by atoms with van der Waals surface area (Å²) in [7, 11) is 0. The molecule has 77 heavy (non-hydrogen) atoms. The van der Waals surface area contributed by atoms with E-state index in [1.54, 1.807) is 12.1 Å². The Balaban J connectivity index is 0.956. The highest BCUT2D eigenvalue weighted by atomic mass is 16.3. The third-order valence-electron chi connectivity index (χ3n) is 17.0. The van der Waals surface area contributed by atoms with E-state index in [1.165, 1.54) is 44.5 Å². The van der Waals surface area contributed by atoms with Gasteiger partial charge in [-0.25, -0.2) is 0 Å². The predicted octanol–water partition coefficient (Wildman–Crippen LogP) is 17.2. The zero-order valence-electron chi connectivity index (χ0n) is 42.4. The van der Waals surface area contributed by atoms with Gasteiger partial charge in [-0.15, -0.1) is 0 Å². The van der Waals surface area contributed by atoms with Gasteiger partial charge in [-0.2, -0.15) is 21.0 Å². The van der Waals surface area contributed by atoms with Gasteiger partial charge in [0.05, 0.1) is 67.8 Å². The van der Waals surface area contributed by atoms with Crippen LogP contribution in [0.1, 0.15) is 72.2 Å². The van der Waals surface area contributed by atoms with Crippen LogP contribution in [-0.2, 0) is 10.8 Å². The Hall–Kier alpha value is -10.4. The van der Waals surface area contributed by atoms with Gasteiger partial charge in [-0.1, -0.05) is 125 Å². The molecule has 358 valence electrons. The van der Waals surface area contributed by atoms with Crippen LogP contribution >= 0.6 is 0 Å². The quantitative estimate of drug-likeness (QED) is 0.174. The van der Waals surface area contributed by atoms with E-state index in [2.05, 4.69) is 182 Å². The summed E-state index contributed by atoms with van der Waals surface area (Å²) < 4.78 is 11.0. The van der Waals surface area contributed by atoms with Crippen LogP contribution in [0.5, 0.6) is 0 Å². The summed E-state index contributed by atoms with van der Waals surface area (Å²) in [5.74, 6) is 0. The van der Waals surface area contributed by atoms with Gasteiger partial charge < -0.3 is 13.6 Å². The van der Waals surface area contributed by atoms with Crippen molar-refractivity contribution in [1.29, 1.82) is 21.0 Å². The maximum atomic E-state index is 11.1. The summed E-state index contributed by atoms with van der Waals surface area (Å²) in [5.41, 5.74) is 20.5. The van der Waals surface area contributed by atoms with E-state index in [4.69, 9.17) is 4.42 Å². The summed E-state index contributed by atoms with van der Waals surface area (Å²) in [4.78, 5) is 0. The first-order valence-electron chi connectivity index (χ1n) is 25.8. The highest BCUT2D eigenvalue weighted by Gasteiger charge is 2.38. The topological polar surface area (TPSA) is 118 Å². The number of aromatic nitrogens is 2. The van der Waals surface area contributed by atoms with Crippen LogP contribution in [0.4, 0.5) is 0 Å². The molecule has 0 radical (unpaired) electrons. The molecule has 7 nitrogen and oxygen atoms in total. The fourth-order valence-electron chi connectivity index (χ4n) is 13.4. The highest BCUT2D eigenvalue weighted by Crippen LogP contribution is 2.54. The van der Waals surface area contributed by atoms with Crippen LogP contribution in [-0.4, -0.2) is 9.13 Å². The molecular formula is C70H42N6O. The maximum Gasteiger partial charge on any atom is 0.135 e. The van der Waals surface area contributed by atoms with E-state index >= 15 is 0 Å². The lowest BCUT2D eigenvalue weighted by molar-refractivity contribution is 0.661. The fraction of sp³-hybridized carbons (Fsp3) is 0.0857. The molecule has 13 aromatic rings. The Morgan fingerprint density at radius 3 is 1.18 bits per heavy atom. The van der Waals surface area contributed by atoms with E-state index in [0.717, 1.165) is 76.6 Å². The zero-order chi connectivity index (χ0) is 52.2. The average molecular weight is 983 g/mol. The molecule has 15 rings (SSSR count). The largest absolute Gasteiger partial charge is 0.456 e. The number of nitriles is 4. The molecule has 0 fully saturated rings. The number of fused-ring (bicyclic) bond motifs is 15. The first kappa shape index (κ1) is 44.1. The lowest BCUT2D eigenvalue weighted by Crippen LogP contribution is -2.15. The monoisotopic (exact) mass is 982 g/mol. The summed E-state index contributed by atoms with van der Waals surface area (Å²) in [6.45, 7) is 9.11. The number of nitrogens with zero attached hydrogens (tertiary/aromatic N) is 6. The zero-order valence-corrected chi connectivity index (χ0v) is 42.4. The van der Waals surface area contributed by atoms with Crippen molar-refractivity contribution in [1.82, 2.24) is 9.13 Å². The standard InChI is InChI=1S/C70H42N6O/c1-69(2)57-17-9-5-13-45(57)51-31-53-47-15-7-11-19-61(47)75(63(53)33-59(51)69)67-43(37-73)25-39(35-71)27-49(67)41-21-23-65-55(29-41)56-30-42(22-24-66(56)77-65)50-28-40(36-72)26-44(38-74)68(50)76-62-20-12-8-16-48(62)54-32-52-46-14-6-10-18-58(46)70(3,4)60(52)34-64(54)76/h5-34H,1-4H3. The van der Waals surface area contributed by atoms with Crippen molar-refractivity contribution in [3.63, 3.8) is 0 Å². The van der Waals surface area contributed by atoms with Gasteiger partial charge in [0.15, 0.2) is 0 Å². The molecule has 0 aliphatic heterocycles. The molecule has 0 bridgehead atoms. The molecule has 3 heterocycles. The number of para-hydroxylation sites is 2. The van der Waals surface area contributed by atoms with Crippen LogP contribution in [0.2, 0.25) is 0 Å². The number of hydrogen-bond donors (Lipinski definition) is 0. The Morgan fingerprint density at radius 2 is 0.753 bits per heavy atom. The van der Waals surface area contributed by atoms with Crippen LogP contribution in [0.3, 0.4) is 0 Å². The third kappa shape index (κ3) is 5.92. The van der Waals surface area contributed by atoms with Gasteiger partial charge in [-0.05, 0) is 141 Å². The molecule has 0 spiro atoms. The van der Waals surface area contributed by atoms with Crippen molar-refractivity contribution >= 4 is 65.6 Å². The van der Waals surface area contributed by atoms with Crippen molar-refractivity contribution in [3.8, 4) is 80.2 Å². The Bertz CT molecular complexity index is 4730. The third-order valence-corrected chi connectivity index (χ3v) is 17.0. The minimum atomic E-state index is -0.264. The molecule has 0 saturated carbocycles. The fourth-order valence-corrected chi connectivity index (χ4v) is 13.4. The number of rotatable bonds is 4. The lowest BCUT2D eigenvalue weighted by atomic mass is 9.82. The molecule has 2 aliphatic carbocycles. The molecule has 0 N–H and O–H groups in total. The van der Waals surface area contributed by atoms with Gasteiger partial charge in [0.25, 0.3) is 0 Å². The molecule has 0 saturated heterocycles. The van der Waals surface area contributed by atoms with E-state index in [9.17, 15) is 21.0 Å². The summed E-state index contributed by atoms with van der Waals surface area (Å²) in [5, 5.41) is 49.2. The van der Waals surface area contributed by atoms with E-state index in [1.807, 2.05) is 48.5 Å². The molecule has 2 aliphatic rings. The normalized spacial score (nSPS) is 13.6. The van der Waals surface area contributed by atoms with Crippen molar-refractivity contribution in [2.45, 2.75) is 38.5 Å². The number of benzene rings is 10. The smallest absolute Gasteiger partial charge is 0.135 e. The predicted molar refractivity (Wildman–Crippen MR) is 307 cm³/mol. The van der Waals surface area contributed by atoms with E-state index in [0.29, 0.717) is 44.8 Å². The number of hydrogen-bond acceptors (Lipinski definition) is 5. The first-order chi connectivity index (χ1) is 37.5. The van der Waals surface area contributed by atoms with Gasteiger partial charge in [-0.3, -0.25) is 0 Å². The van der Waals surface area contributed by atoms with E-state index in [-0.39, 0.29) is 10.8 Å². The molecule has 3 aromatic heterocycles. The minimum Gasteiger partial charge on any atom is -0.456 e. The van der Waals surface area contributed by atoms with Gasteiger partial charge >= 0.3 is 0 Å². The Morgan fingerprint density at radius 1 is 0.338 bits per heavy atom. The first-order valence-corrected chi connectivity index (χ1v) is 25.8. The van der Waals surface area contributed by atoms with Gasteiger partial charge in [0.2, 0.25) is 0 Å². The summed E-state index contributed by atoms with van der Waals surface area (Å²) in [6.07, 6.45) is 0. The second-order valence-electron chi connectivity index (χ2n) is 21.7. The SMILES string of the molecule is CC1(C)c2ccccc2-c2cc3c4ccccc4n(-c4c(C#N)cc(C#N)cc4-c4ccc5oc6ccc(-c7cc(C#N)cc(C#N)c7-n7c8ccccc8c8cc9c(cc87)C(C)(C)c7ccccc7-9)cc6c5c4)c3cc21. The Kier molecular flexibility index (Phi) is 8.90. The highest BCUT2D eigenvalue weighted by molar-refractivity contribution is 6.15. The second-order valence-corrected chi connectivity index (χ2v) is 21.7. The molecule has 0 unspecified atom stereocenters. The Labute approximate surface area is 443 Å². The van der Waals surface area contributed by atoms with Gasteiger partial charge in [0, 0.05) is 54.3 Å². The van der Waals surface area contributed by atoms with Crippen molar-refractivity contribution in [2.24, 2.45) is 0 Å². The molecule has 0 atom stereocenters. The van der Waals surface area contributed by atoms with Crippen LogP contribution in [0, 0.1) is 45.3 Å². The second kappa shape index (κ2) is 15.6. The molecule has 7 heteroatoms. The lowest BCUT2D eigenvalue weighted by Gasteiger charge is -2.22. The van der Waals surface area contributed by atoms with Crippen molar-refractivity contribution < 1.29 is 4.42 Å². The van der Waals surface area contributed by atoms with Gasteiger partial charge in [0.1, 0.15) is 23.3 Å². The molecule has 0 amide bonds. The van der Waals surface area contributed by atoms with Crippen molar-refractivity contribution in [3.05, 3.63) is 226 Å². The number of furan rings is 1. The van der Waals surface area contributed by atoms with Crippen molar-refractivity contribution in [2.75, 3.05) is 0 Å². The van der Waals surface area contributed by atoms with Crippen LogP contribution in [0.25, 0.3) is 121 Å². The summed E-state index contributed by atoms with van der Waals surface area (Å²) in [6, 6.07) is 72.2. The van der Waals surface area contributed by atoms with Crippen LogP contribution in [0.15, 0.2) is 186 Å².